The Morgan fingerprint density at radius 2 is 2.00 bits per heavy atom. The zero-order chi connectivity index (χ0) is 15.9. The zero-order valence-electron chi connectivity index (χ0n) is 11.6. The minimum absolute atomic E-state index is 0.0299. The van der Waals surface area contributed by atoms with Crippen LogP contribution in [0.3, 0.4) is 0 Å². The predicted octanol–water partition coefficient (Wildman–Crippen LogP) is 3.27. The van der Waals surface area contributed by atoms with E-state index in [2.05, 4.69) is 5.32 Å². The van der Waals surface area contributed by atoms with E-state index >= 15 is 0 Å². The van der Waals surface area contributed by atoms with Gasteiger partial charge in [0.15, 0.2) is 0 Å². The molecule has 0 fully saturated rings. The van der Waals surface area contributed by atoms with Gasteiger partial charge < -0.3 is 10.4 Å². The van der Waals surface area contributed by atoms with Crippen LogP contribution in [0.2, 0.25) is 5.02 Å². The fraction of sp³-hybridized carbons (Fsp3) is 0.0588. The van der Waals surface area contributed by atoms with Crippen LogP contribution < -0.4 is 5.32 Å². The number of carbonyl (C=O) groups is 1. The van der Waals surface area contributed by atoms with Crippen LogP contribution in [0.5, 0.6) is 5.75 Å². The Bertz CT molecular complexity index is 749. The number of hydrogen-bond acceptors (Lipinski definition) is 3. The number of halogens is 1. The van der Waals surface area contributed by atoms with E-state index in [1.165, 1.54) is 18.2 Å². The number of phenolic OH excluding ortho intramolecular Hbond substituents is 1. The quantitative estimate of drug-likeness (QED) is 0.672. The first kappa shape index (κ1) is 15.6. The second-order valence-electron chi connectivity index (χ2n) is 4.55. The molecule has 0 saturated heterocycles. The maximum atomic E-state index is 12.0. The minimum Gasteiger partial charge on any atom is -0.506 e. The van der Waals surface area contributed by atoms with E-state index in [1.807, 2.05) is 36.4 Å². The number of rotatable bonds is 4. The lowest BCUT2D eigenvalue weighted by atomic mass is 10.1. The average molecular weight is 313 g/mol. The molecule has 22 heavy (non-hydrogen) atoms. The van der Waals surface area contributed by atoms with Crippen molar-refractivity contribution in [2.24, 2.45) is 0 Å². The normalized spacial score (nSPS) is 10.8. The Hall–Kier alpha value is -2.77. The summed E-state index contributed by atoms with van der Waals surface area (Å²) in [6.07, 6.45) is 1.42. The molecule has 0 aliphatic rings. The predicted molar refractivity (Wildman–Crippen MR) is 85.0 cm³/mol. The standard InChI is InChI=1S/C17H13ClN2O2/c18-15-9-13(6-7-16(15)21)8-14(10-19)17(22)20-11-12-4-2-1-3-5-12/h1-9,21H,11H2,(H,20,22). The molecule has 110 valence electrons. The Morgan fingerprint density at radius 1 is 1.27 bits per heavy atom. The van der Waals surface area contributed by atoms with Gasteiger partial charge in [-0.05, 0) is 29.3 Å². The Kier molecular flexibility index (Phi) is 5.18. The van der Waals surface area contributed by atoms with Crippen LogP contribution in [-0.2, 0) is 11.3 Å². The van der Waals surface area contributed by atoms with Crippen molar-refractivity contribution in [1.29, 1.82) is 5.26 Å². The lowest BCUT2D eigenvalue weighted by Crippen LogP contribution is -2.23. The number of nitrogens with zero attached hydrogens (tertiary/aromatic N) is 1. The molecule has 0 radical (unpaired) electrons. The van der Waals surface area contributed by atoms with E-state index in [4.69, 9.17) is 16.9 Å². The number of benzene rings is 2. The lowest BCUT2D eigenvalue weighted by Gasteiger charge is -2.04. The monoisotopic (exact) mass is 312 g/mol. The van der Waals surface area contributed by atoms with Crippen LogP contribution in [0.25, 0.3) is 6.08 Å². The Balaban J connectivity index is 2.10. The number of amides is 1. The van der Waals surface area contributed by atoms with E-state index in [0.717, 1.165) is 5.56 Å². The number of aromatic hydroxyl groups is 1. The van der Waals surface area contributed by atoms with Gasteiger partial charge in [-0.1, -0.05) is 48.0 Å². The highest BCUT2D eigenvalue weighted by Crippen LogP contribution is 2.24. The van der Waals surface area contributed by atoms with Crippen molar-refractivity contribution in [2.45, 2.75) is 6.54 Å². The topological polar surface area (TPSA) is 73.1 Å². The van der Waals surface area contributed by atoms with E-state index in [0.29, 0.717) is 12.1 Å². The molecule has 1 amide bonds. The van der Waals surface area contributed by atoms with Crippen molar-refractivity contribution < 1.29 is 9.90 Å². The molecular formula is C17H13ClN2O2. The second kappa shape index (κ2) is 7.30. The molecule has 2 N–H and O–H groups in total. The summed E-state index contributed by atoms with van der Waals surface area (Å²) in [5.74, 6) is -0.513. The van der Waals surface area contributed by atoms with Crippen LogP contribution in [0.4, 0.5) is 0 Å². The van der Waals surface area contributed by atoms with E-state index < -0.39 is 5.91 Å². The van der Waals surface area contributed by atoms with Gasteiger partial charge in [-0.2, -0.15) is 5.26 Å². The molecule has 2 aromatic rings. The minimum atomic E-state index is -0.462. The Morgan fingerprint density at radius 3 is 2.64 bits per heavy atom. The molecule has 0 aliphatic carbocycles. The highest BCUT2D eigenvalue weighted by molar-refractivity contribution is 6.32. The summed E-state index contributed by atoms with van der Waals surface area (Å²) in [4.78, 5) is 12.0. The summed E-state index contributed by atoms with van der Waals surface area (Å²) < 4.78 is 0. The molecule has 0 heterocycles. The van der Waals surface area contributed by atoms with Crippen LogP contribution in [0, 0.1) is 11.3 Å². The lowest BCUT2D eigenvalue weighted by molar-refractivity contribution is -0.117. The third kappa shape index (κ3) is 4.11. The number of phenols is 1. The molecule has 0 aliphatic heterocycles. The number of nitriles is 1. The van der Waals surface area contributed by atoms with E-state index in [1.54, 1.807) is 6.07 Å². The summed E-state index contributed by atoms with van der Waals surface area (Å²) in [5.41, 5.74) is 1.48. The molecule has 2 rings (SSSR count). The maximum absolute atomic E-state index is 12.0. The molecule has 0 spiro atoms. The van der Waals surface area contributed by atoms with Crippen molar-refractivity contribution in [3.05, 3.63) is 70.3 Å². The van der Waals surface area contributed by atoms with Crippen molar-refractivity contribution in [2.75, 3.05) is 0 Å². The van der Waals surface area contributed by atoms with Crippen LogP contribution in [0.15, 0.2) is 54.1 Å². The third-order valence-electron chi connectivity index (χ3n) is 2.94. The first-order valence-corrected chi connectivity index (χ1v) is 6.90. The van der Waals surface area contributed by atoms with Crippen molar-refractivity contribution in [3.8, 4) is 11.8 Å². The highest BCUT2D eigenvalue weighted by Gasteiger charge is 2.09. The summed E-state index contributed by atoms with van der Waals surface area (Å²) in [7, 11) is 0. The van der Waals surface area contributed by atoms with Gasteiger partial charge in [0.25, 0.3) is 5.91 Å². The molecular weight excluding hydrogens is 300 g/mol. The fourth-order valence-electron chi connectivity index (χ4n) is 1.80. The maximum Gasteiger partial charge on any atom is 0.262 e. The number of nitrogens with one attached hydrogen (secondary N) is 1. The molecule has 0 unspecified atom stereocenters. The summed E-state index contributed by atoms with van der Waals surface area (Å²) in [5, 5.41) is 21.3. The first-order chi connectivity index (χ1) is 10.6. The molecule has 0 aromatic heterocycles. The first-order valence-electron chi connectivity index (χ1n) is 6.52. The molecule has 0 bridgehead atoms. The van der Waals surface area contributed by atoms with Gasteiger partial charge in [0.05, 0.1) is 5.02 Å². The summed E-state index contributed by atoms with van der Waals surface area (Å²) >= 11 is 5.80. The van der Waals surface area contributed by atoms with Crippen molar-refractivity contribution in [1.82, 2.24) is 5.32 Å². The van der Waals surface area contributed by atoms with Gasteiger partial charge in [0.2, 0.25) is 0 Å². The van der Waals surface area contributed by atoms with Gasteiger partial charge in [-0.25, -0.2) is 0 Å². The smallest absolute Gasteiger partial charge is 0.262 e. The Labute approximate surface area is 133 Å². The molecule has 2 aromatic carbocycles. The number of hydrogen-bond donors (Lipinski definition) is 2. The van der Waals surface area contributed by atoms with Crippen molar-refractivity contribution >= 4 is 23.6 Å². The second-order valence-corrected chi connectivity index (χ2v) is 4.96. The van der Waals surface area contributed by atoms with Crippen molar-refractivity contribution in [3.63, 3.8) is 0 Å². The van der Waals surface area contributed by atoms with Gasteiger partial charge in [0, 0.05) is 6.54 Å². The zero-order valence-corrected chi connectivity index (χ0v) is 12.3. The van der Waals surface area contributed by atoms with Gasteiger partial charge in [0.1, 0.15) is 17.4 Å². The molecule has 5 heteroatoms. The number of carbonyl (C=O) groups excluding carboxylic acids is 1. The summed E-state index contributed by atoms with van der Waals surface area (Å²) in [6.45, 7) is 0.342. The van der Waals surface area contributed by atoms with Gasteiger partial charge in [-0.3, -0.25) is 4.79 Å². The van der Waals surface area contributed by atoms with E-state index in [-0.39, 0.29) is 16.3 Å². The SMILES string of the molecule is N#CC(=Cc1ccc(O)c(Cl)c1)C(=O)NCc1ccccc1. The fourth-order valence-corrected chi connectivity index (χ4v) is 1.99. The summed E-state index contributed by atoms with van der Waals surface area (Å²) in [6, 6.07) is 15.7. The molecule has 0 saturated carbocycles. The largest absolute Gasteiger partial charge is 0.506 e. The van der Waals surface area contributed by atoms with Gasteiger partial charge >= 0.3 is 0 Å². The molecule has 4 nitrogen and oxygen atoms in total. The highest BCUT2D eigenvalue weighted by atomic mass is 35.5. The third-order valence-corrected chi connectivity index (χ3v) is 3.25. The van der Waals surface area contributed by atoms with Crippen LogP contribution in [0.1, 0.15) is 11.1 Å². The van der Waals surface area contributed by atoms with Crippen LogP contribution in [-0.4, -0.2) is 11.0 Å². The molecule has 0 atom stereocenters. The average Bonchev–Trinajstić information content (AvgIpc) is 2.54. The van der Waals surface area contributed by atoms with Gasteiger partial charge in [-0.15, -0.1) is 0 Å². The van der Waals surface area contributed by atoms with Crippen LogP contribution >= 0.6 is 11.6 Å². The van der Waals surface area contributed by atoms with E-state index in [9.17, 15) is 9.90 Å².